The van der Waals surface area contributed by atoms with Crippen LogP contribution in [0.15, 0.2) is 109 Å². The summed E-state index contributed by atoms with van der Waals surface area (Å²) in [6.07, 6.45) is 0. The largest absolute Gasteiger partial charge is 0.508 e. The fourth-order valence-corrected chi connectivity index (χ4v) is 2.67. The Morgan fingerprint density at radius 1 is 0.462 bits per heavy atom. The fraction of sp³-hybridized carbons (Fsp3) is 0. The first kappa shape index (κ1) is 17.3. The topological polar surface area (TPSA) is 46.2 Å². The molecule has 0 heterocycles. The van der Waals surface area contributed by atoms with Gasteiger partial charge in [0.15, 0.2) is 0 Å². The van der Waals surface area contributed by atoms with Crippen molar-refractivity contribution in [3.8, 4) is 28.0 Å². The zero-order chi connectivity index (χ0) is 18.2. The summed E-state index contributed by atoms with van der Waals surface area (Å²) in [6.45, 7) is 0. The van der Waals surface area contributed by atoms with Crippen LogP contribution in [0.4, 0.5) is 5.69 Å². The maximum atomic E-state index is 8.63. The lowest BCUT2D eigenvalue weighted by Crippen LogP contribution is -1.88. The third-order valence-electron chi connectivity index (χ3n) is 3.93. The van der Waals surface area contributed by atoms with Gasteiger partial charge in [0.2, 0.25) is 0 Å². The first-order chi connectivity index (χ1) is 12.7. The molecule has 0 aliphatic rings. The third kappa shape index (κ3) is 4.74. The number of hydrogen-bond acceptors (Lipinski definition) is 2. The van der Waals surface area contributed by atoms with E-state index in [1.54, 1.807) is 24.3 Å². The normalized spacial score (nSPS) is 9.85. The standard InChI is InChI=1S/C18H15N.C6H6O/c19-18-12-16(14-7-3-1-4-8-14)11-17(13-18)15-9-5-2-6-10-15;7-6-4-2-1-3-5-6/h1-13H,19H2;1-5,7H. The zero-order valence-corrected chi connectivity index (χ0v) is 14.4. The van der Waals surface area contributed by atoms with Gasteiger partial charge in [0.1, 0.15) is 5.75 Å². The predicted octanol–water partition coefficient (Wildman–Crippen LogP) is 6.00. The second-order valence-corrected chi connectivity index (χ2v) is 5.91. The molecule has 128 valence electrons. The number of nitrogen functional groups attached to an aromatic ring is 1. The summed E-state index contributed by atoms with van der Waals surface area (Å²) >= 11 is 0. The number of hydrogen-bond donors (Lipinski definition) is 2. The molecular weight excluding hydrogens is 318 g/mol. The van der Waals surface area contributed by atoms with Crippen molar-refractivity contribution < 1.29 is 5.11 Å². The van der Waals surface area contributed by atoms with Crippen LogP contribution in [-0.4, -0.2) is 5.11 Å². The Hall–Kier alpha value is -3.52. The molecule has 0 bridgehead atoms. The second kappa shape index (κ2) is 8.54. The van der Waals surface area contributed by atoms with Crippen LogP contribution >= 0.6 is 0 Å². The van der Waals surface area contributed by atoms with E-state index in [2.05, 4.69) is 30.3 Å². The molecule has 4 aromatic rings. The van der Waals surface area contributed by atoms with Gasteiger partial charge in [-0.2, -0.15) is 0 Å². The van der Waals surface area contributed by atoms with Crippen molar-refractivity contribution in [2.75, 3.05) is 5.73 Å². The number of benzene rings is 4. The maximum Gasteiger partial charge on any atom is 0.115 e. The van der Waals surface area contributed by atoms with E-state index in [0.29, 0.717) is 5.75 Å². The SMILES string of the molecule is Nc1cc(-c2ccccc2)cc(-c2ccccc2)c1.Oc1ccccc1. The average Bonchev–Trinajstić information content (AvgIpc) is 2.70. The van der Waals surface area contributed by atoms with Gasteiger partial charge in [-0.25, -0.2) is 0 Å². The van der Waals surface area contributed by atoms with E-state index in [4.69, 9.17) is 10.8 Å². The molecule has 0 saturated carbocycles. The van der Waals surface area contributed by atoms with Crippen molar-refractivity contribution in [1.82, 2.24) is 0 Å². The molecule has 0 fully saturated rings. The van der Waals surface area contributed by atoms with Crippen LogP contribution in [0.2, 0.25) is 0 Å². The van der Waals surface area contributed by atoms with Crippen LogP contribution in [0.5, 0.6) is 5.75 Å². The van der Waals surface area contributed by atoms with Gasteiger partial charge >= 0.3 is 0 Å². The Labute approximate surface area is 154 Å². The maximum absolute atomic E-state index is 8.63. The number of phenols is 1. The van der Waals surface area contributed by atoms with Gasteiger partial charge in [0.05, 0.1) is 0 Å². The van der Waals surface area contributed by atoms with E-state index in [0.717, 1.165) is 16.8 Å². The van der Waals surface area contributed by atoms with Crippen LogP contribution in [0.3, 0.4) is 0 Å². The van der Waals surface area contributed by atoms with Gasteiger partial charge in [-0.15, -0.1) is 0 Å². The highest BCUT2D eigenvalue weighted by atomic mass is 16.3. The Balaban J connectivity index is 0.000000236. The highest BCUT2D eigenvalue weighted by Gasteiger charge is 2.03. The van der Waals surface area contributed by atoms with Crippen molar-refractivity contribution in [3.63, 3.8) is 0 Å². The Morgan fingerprint density at radius 2 is 0.846 bits per heavy atom. The van der Waals surface area contributed by atoms with E-state index in [1.807, 2.05) is 54.6 Å². The summed E-state index contributed by atoms with van der Waals surface area (Å²) in [7, 11) is 0. The first-order valence-corrected chi connectivity index (χ1v) is 8.48. The van der Waals surface area contributed by atoms with Crippen molar-refractivity contribution in [2.45, 2.75) is 0 Å². The molecule has 4 rings (SSSR count). The predicted molar refractivity (Wildman–Crippen MR) is 110 cm³/mol. The average molecular weight is 339 g/mol. The van der Waals surface area contributed by atoms with Gasteiger partial charge in [-0.1, -0.05) is 78.9 Å². The molecule has 0 spiro atoms. The molecule has 0 aliphatic carbocycles. The summed E-state index contributed by atoms with van der Waals surface area (Å²) in [5, 5.41) is 8.63. The number of phenolic OH excluding ortho intramolecular Hbond substituents is 1. The summed E-state index contributed by atoms with van der Waals surface area (Å²) in [5.41, 5.74) is 11.5. The quantitative estimate of drug-likeness (QED) is 0.440. The van der Waals surface area contributed by atoms with E-state index >= 15 is 0 Å². The number of anilines is 1. The Bertz CT molecular complexity index is 878. The lowest BCUT2D eigenvalue weighted by Gasteiger charge is -2.08. The van der Waals surface area contributed by atoms with E-state index < -0.39 is 0 Å². The van der Waals surface area contributed by atoms with Gasteiger partial charge in [-0.3, -0.25) is 0 Å². The molecule has 26 heavy (non-hydrogen) atoms. The Kier molecular flexibility index (Phi) is 5.69. The highest BCUT2D eigenvalue weighted by molar-refractivity contribution is 5.77. The van der Waals surface area contributed by atoms with E-state index in [1.165, 1.54) is 11.1 Å². The molecule has 4 aromatic carbocycles. The number of para-hydroxylation sites is 1. The minimum absolute atomic E-state index is 0.322. The zero-order valence-electron chi connectivity index (χ0n) is 14.4. The molecule has 0 unspecified atom stereocenters. The molecule has 3 N–H and O–H groups in total. The van der Waals surface area contributed by atoms with E-state index in [9.17, 15) is 0 Å². The minimum atomic E-state index is 0.322. The van der Waals surface area contributed by atoms with Crippen LogP contribution in [0, 0.1) is 0 Å². The lowest BCUT2D eigenvalue weighted by molar-refractivity contribution is 0.475. The highest BCUT2D eigenvalue weighted by Crippen LogP contribution is 2.29. The minimum Gasteiger partial charge on any atom is -0.508 e. The van der Waals surface area contributed by atoms with Crippen molar-refractivity contribution in [1.29, 1.82) is 0 Å². The molecule has 0 amide bonds. The van der Waals surface area contributed by atoms with Gasteiger partial charge < -0.3 is 10.8 Å². The third-order valence-corrected chi connectivity index (χ3v) is 3.93. The summed E-state index contributed by atoms with van der Waals surface area (Å²) in [5.74, 6) is 0.322. The molecule has 0 aromatic heterocycles. The smallest absolute Gasteiger partial charge is 0.115 e. The van der Waals surface area contributed by atoms with Crippen molar-refractivity contribution >= 4 is 5.69 Å². The first-order valence-electron chi connectivity index (χ1n) is 8.48. The molecule has 0 atom stereocenters. The molecule has 2 heteroatoms. The number of aromatic hydroxyl groups is 1. The van der Waals surface area contributed by atoms with Gasteiger partial charge in [0.25, 0.3) is 0 Å². The van der Waals surface area contributed by atoms with Crippen LogP contribution in [-0.2, 0) is 0 Å². The summed E-state index contributed by atoms with van der Waals surface area (Å²) < 4.78 is 0. The second-order valence-electron chi connectivity index (χ2n) is 5.91. The van der Waals surface area contributed by atoms with Crippen LogP contribution in [0.25, 0.3) is 22.3 Å². The molecule has 2 nitrogen and oxygen atoms in total. The molecule has 0 saturated heterocycles. The molecule has 0 aliphatic heterocycles. The van der Waals surface area contributed by atoms with Crippen LogP contribution in [0.1, 0.15) is 0 Å². The number of nitrogens with two attached hydrogens (primary N) is 1. The lowest BCUT2D eigenvalue weighted by atomic mass is 9.98. The van der Waals surface area contributed by atoms with Crippen molar-refractivity contribution in [3.05, 3.63) is 109 Å². The number of rotatable bonds is 2. The van der Waals surface area contributed by atoms with Gasteiger partial charge in [-0.05, 0) is 52.6 Å². The Morgan fingerprint density at radius 3 is 1.19 bits per heavy atom. The van der Waals surface area contributed by atoms with E-state index in [-0.39, 0.29) is 0 Å². The van der Waals surface area contributed by atoms with Crippen molar-refractivity contribution in [2.24, 2.45) is 0 Å². The molecular formula is C24H21NO. The molecule has 0 radical (unpaired) electrons. The monoisotopic (exact) mass is 339 g/mol. The summed E-state index contributed by atoms with van der Waals surface area (Å²) in [6, 6.07) is 35.5. The van der Waals surface area contributed by atoms with Crippen LogP contribution < -0.4 is 5.73 Å². The van der Waals surface area contributed by atoms with Gasteiger partial charge in [0, 0.05) is 5.69 Å². The fourth-order valence-electron chi connectivity index (χ4n) is 2.67. The summed E-state index contributed by atoms with van der Waals surface area (Å²) in [4.78, 5) is 0.